The van der Waals surface area contributed by atoms with Crippen molar-refractivity contribution >= 4 is 11.8 Å². The van der Waals surface area contributed by atoms with Gasteiger partial charge in [-0.3, -0.25) is 14.5 Å². The molecule has 1 atom stereocenters. The molecule has 1 unspecified atom stereocenters. The average Bonchev–Trinajstić information content (AvgIpc) is 2.74. The van der Waals surface area contributed by atoms with Crippen LogP contribution in [0.15, 0.2) is 24.3 Å². The Balaban J connectivity index is 1.46. The first-order valence-electron chi connectivity index (χ1n) is 9.60. The fourth-order valence-electron chi connectivity index (χ4n) is 3.38. The Morgan fingerprint density at radius 3 is 2.50 bits per heavy atom. The second kappa shape index (κ2) is 9.53. The summed E-state index contributed by atoms with van der Waals surface area (Å²) in [7, 11) is 0. The summed E-state index contributed by atoms with van der Waals surface area (Å²) in [6.07, 6.45) is -0.649. The number of carbonyl (C=O) groups is 2. The standard InChI is InChI=1S/C20H26N4O4/c1-16(28-18-4-2-3-17(13-18)14-21)20(26)24-7-5-23(6-8-24)19(25)15-22-9-11-27-12-10-22/h2-4,13,16H,5-12,15H2,1H3. The molecule has 28 heavy (non-hydrogen) atoms. The smallest absolute Gasteiger partial charge is 0.263 e. The van der Waals surface area contributed by atoms with Gasteiger partial charge in [0.15, 0.2) is 6.10 Å². The van der Waals surface area contributed by atoms with Gasteiger partial charge >= 0.3 is 0 Å². The molecule has 0 bridgehead atoms. The zero-order chi connectivity index (χ0) is 19.9. The maximum absolute atomic E-state index is 12.7. The lowest BCUT2D eigenvalue weighted by Gasteiger charge is -2.37. The number of morpholine rings is 1. The number of amides is 2. The SMILES string of the molecule is CC(Oc1cccc(C#N)c1)C(=O)N1CCN(C(=O)CN2CCOCC2)CC1. The van der Waals surface area contributed by atoms with Gasteiger partial charge in [0.05, 0.1) is 31.4 Å². The van der Waals surface area contributed by atoms with Gasteiger partial charge in [0, 0.05) is 39.3 Å². The van der Waals surface area contributed by atoms with E-state index in [-0.39, 0.29) is 11.8 Å². The summed E-state index contributed by atoms with van der Waals surface area (Å²) in [6.45, 7) is 7.09. The lowest BCUT2D eigenvalue weighted by molar-refractivity contribution is -0.144. The Morgan fingerprint density at radius 2 is 1.82 bits per heavy atom. The van der Waals surface area contributed by atoms with Crippen LogP contribution < -0.4 is 4.74 Å². The van der Waals surface area contributed by atoms with Crippen molar-refractivity contribution in [1.29, 1.82) is 5.26 Å². The van der Waals surface area contributed by atoms with Crippen molar-refractivity contribution in [2.24, 2.45) is 0 Å². The Morgan fingerprint density at radius 1 is 1.14 bits per heavy atom. The van der Waals surface area contributed by atoms with Gasteiger partial charge in [0.25, 0.3) is 5.91 Å². The second-order valence-electron chi connectivity index (χ2n) is 6.99. The minimum absolute atomic E-state index is 0.103. The van der Waals surface area contributed by atoms with Gasteiger partial charge in [-0.25, -0.2) is 0 Å². The molecule has 1 aromatic carbocycles. The number of ether oxygens (including phenoxy) is 2. The van der Waals surface area contributed by atoms with Gasteiger partial charge in [-0.1, -0.05) is 6.07 Å². The average molecular weight is 386 g/mol. The predicted octanol–water partition coefficient (Wildman–Crippen LogP) is 0.329. The summed E-state index contributed by atoms with van der Waals surface area (Å²) < 4.78 is 11.0. The molecule has 0 saturated carbocycles. The molecule has 150 valence electrons. The zero-order valence-electron chi connectivity index (χ0n) is 16.2. The molecule has 2 heterocycles. The maximum Gasteiger partial charge on any atom is 0.263 e. The van der Waals surface area contributed by atoms with Crippen LogP contribution in [0.1, 0.15) is 12.5 Å². The Hall–Kier alpha value is -2.63. The molecule has 0 aliphatic carbocycles. The lowest BCUT2D eigenvalue weighted by Crippen LogP contribution is -2.55. The van der Waals surface area contributed by atoms with Gasteiger partial charge in [0.2, 0.25) is 5.91 Å². The molecular weight excluding hydrogens is 360 g/mol. The molecule has 0 radical (unpaired) electrons. The van der Waals surface area contributed by atoms with Crippen molar-refractivity contribution in [1.82, 2.24) is 14.7 Å². The van der Waals surface area contributed by atoms with Crippen molar-refractivity contribution in [3.05, 3.63) is 29.8 Å². The molecule has 2 aliphatic rings. The third-order valence-electron chi connectivity index (χ3n) is 5.03. The fourth-order valence-corrected chi connectivity index (χ4v) is 3.38. The molecule has 0 aromatic heterocycles. The van der Waals surface area contributed by atoms with E-state index in [9.17, 15) is 9.59 Å². The maximum atomic E-state index is 12.7. The summed E-state index contributed by atoms with van der Waals surface area (Å²) in [5.41, 5.74) is 0.490. The number of carbonyl (C=O) groups excluding carboxylic acids is 2. The van der Waals surface area contributed by atoms with E-state index in [0.717, 1.165) is 13.1 Å². The lowest BCUT2D eigenvalue weighted by atomic mass is 10.2. The quantitative estimate of drug-likeness (QED) is 0.725. The number of benzene rings is 1. The van der Waals surface area contributed by atoms with Crippen molar-refractivity contribution in [3.8, 4) is 11.8 Å². The number of nitriles is 1. The third-order valence-corrected chi connectivity index (χ3v) is 5.03. The van der Waals surface area contributed by atoms with E-state index >= 15 is 0 Å². The summed E-state index contributed by atoms with van der Waals surface area (Å²) in [6, 6.07) is 8.81. The molecule has 0 N–H and O–H groups in total. The first kappa shape index (κ1) is 20.1. The zero-order valence-corrected chi connectivity index (χ0v) is 16.2. The first-order chi connectivity index (χ1) is 13.6. The molecule has 3 rings (SSSR count). The van der Waals surface area contributed by atoms with Crippen LogP contribution in [0.3, 0.4) is 0 Å². The number of nitrogens with zero attached hydrogens (tertiary/aromatic N) is 4. The number of rotatable bonds is 5. The van der Waals surface area contributed by atoms with Crippen LogP contribution in [0.25, 0.3) is 0 Å². The number of hydrogen-bond donors (Lipinski definition) is 0. The number of piperazine rings is 1. The molecule has 8 heteroatoms. The van der Waals surface area contributed by atoms with E-state index in [2.05, 4.69) is 11.0 Å². The second-order valence-corrected chi connectivity index (χ2v) is 6.99. The first-order valence-corrected chi connectivity index (χ1v) is 9.60. The largest absolute Gasteiger partial charge is 0.481 e. The van der Waals surface area contributed by atoms with E-state index in [1.54, 1.807) is 36.1 Å². The van der Waals surface area contributed by atoms with Crippen LogP contribution >= 0.6 is 0 Å². The minimum atomic E-state index is -0.649. The minimum Gasteiger partial charge on any atom is -0.481 e. The van der Waals surface area contributed by atoms with E-state index in [1.165, 1.54) is 0 Å². The summed E-state index contributed by atoms with van der Waals surface area (Å²) in [4.78, 5) is 30.8. The highest BCUT2D eigenvalue weighted by molar-refractivity contribution is 5.82. The Labute approximate surface area is 165 Å². The van der Waals surface area contributed by atoms with Crippen LogP contribution in [-0.4, -0.2) is 91.6 Å². The Bertz CT molecular complexity index is 734. The highest BCUT2D eigenvalue weighted by atomic mass is 16.5. The fraction of sp³-hybridized carbons (Fsp3) is 0.550. The van der Waals surface area contributed by atoms with E-state index in [4.69, 9.17) is 14.7 Å². The molecule has 2 amide bonds. The molecule has 0 spiro atoms. The monoisotopic (exact) mass is 386 g/mol. The third kappa shape index (κ3) is 5.21. The Kier molecular flexibility index (Phi) is 6.85. The van der Waals surface area contributed by atoms with E-state index in [0.29, 0.717) is 57.3 Å². The highest BCUT2D eigenvalue weighted by Crippen LogP contribution is 2.16. The van der Waals surface area contributed by atoms with Gasteiger partial charge in [-0.2, -0.15) is 5.26 Å². The van der Waals surface area contributed by atoms with Gasteiger partial charge in [-0.05, 0) is 25.1 Å². The predicted molar refractivity (Wildman–Crippen MR) is 102 cm³/mol. The van der Waals surface area contributed by atoms with Crippen molar-refractivity contribution in [2.45, 2.75) is 13.0 Å². The van der Waals surface area contributed by atoms with Crippen LogP contribution in [0.4, 0.5) is 0 Å². The normalized spacial score (nSPS) is 19.0. The molecule has 2 aliphatic heterocycles. The van der Waals surface area contributed by atoms with Crippen LogP contribution in [0.5, 0.6) is 5.75 Å². The van der Waals surface area contributed by atoms with E-state index in [1.807, 2.05) is 4.90 Å². The van der Waals surface area contributed by atoms with Crippen LogP contribution in [0.2, 0.25) is 0 Å². The van der Waals surface area contributed by atoms with Gasteiger partial charge in [-0.15, -0.1) is 0 Å². The topological polar surface area (TPSA) is 86.1 Å². The highest BCUT2D eigenvalue weighted by Gasteiger charge is 2.28. The number of hydrogen-bond acceptors (Lipinski definition) is 6. The summed E-state index contributed by atoms with van der Waals surface area (Å²) >= 11 is 0. The van der Waals surface area contributed by atoms with Crippen LogP contribution in [0, 0.1) is 11.3 Å². The molecule has 8 nitrogen and oxygen atoms in total. The molecule has 2 fully saturated rings. The van der Waals surface area contributed by atoms with Gasteiger partial charge in [0.1, 0.15) is 5.75 Å². The molecular formula is C20H26N4O4. The summed E-state index contributed by atoms with van der Waals surface area (Å²) in [5.74, 6) is 0.494. The van der Waals surface area contributed by atoms with Crippen molar-refractivity contribution in [3.63, 3.8) is 0 Å². The van der Waals surface area contributed by atoms with Crippen LogP contribution in [-0.2, 0) is 14.3 Å². The molecule has 1 aromatic rings. The molecule has 2 saturated heterocycles. The van der Waals surface area contributed by atoms with E-state index < -0.39 is 6.10 Å². The van der Waals surface area contributed by atoms with Crippen molar-refractivity contribution in [2.75, 3.05) is 59.0 Å². The summed E-state index contributed by atoms with van der Waals surface area (Å²) in [5, 5.41) is 8.96. The van der Waals surface area contributed by atoms with Crippen molar-refractivity contribution < 1.29 is 19.1 Å². The van der Waals surface area contributed by atoms with Gasteiger partial charge < -0.3 is 19.3 Å².